The van der Waals surface area contributed by atoms with Crippen LogP contribution < -0.4 is 34.3 Å². The third-order valence-electron chi connectivity index (χ3n) is 1.90. The summed E-state index contributed by atoms with van der Waals surface area (Å²) in [4.78, 5) is -0.213. The molecular formula is C11H13NaO4S. The summed E-state index contributed by atoms with van der Waals surface area (Å²) in [5.74, 6) is 0.521. The molecule has 0 atom stereocenters. The molecule has 0 amide bonds. The van der Waals surface area contributed by atoms with Crippen LogP contribution in [0.15, 0.2) is 35.2 Å². The molecule has 0 N–H and O–H groups in total. The summed E-state index contributed by atoms with van der Waals surface area (Å²) in [6, 6.07) is 4.24. The molecule has 0 aliphatic rings. The summed E-state index contributed by atoms with van der Waals surface area (Å²) in [5, 5.41) is 0. The molecule has 0 aliphatic heterocycles. The minimum Gasteiger partial charge on any atom is -0.744 e. The van der Waals surface area contributed by atoms with Gasteiger partial charge in [0.25, 0.3) is 0 Å². The molecule has 0 fully saturated rings. The van der Waals surface area contributed by atoms with Crippen LogP contribution in [0, 0.1) is 6.92 Å². The van der Waals surface area contributed by atoms with E-state index in [0.29, 0.717) is 17.9 Å². The average molecular weight is 264 g/mol. The summed E-state index contributed by atoms with van der Waals surface area (Å²) in [5.41, 5.74) is 1.24. The fourth-order valence-electron chi connectivity index (χ4n) is 1.20. The molecule has 0 unspecified atom stereocenters. The van der Waals surface area contributed by atoms with Crippen molar-refractivity contribution in [3.8, 4) is 5.75 Å². The molecule has 0 radical (unpaired) electrons. The molecule has 88 valence electrons. The molecule has 0 aromatic heterocycles. The van der Waals surface area contributed by atoms with Gasteiger partial charge in [-0.3, -0.25) is 0 Å². The van der Waals surface area contributed by atoms with E-state index in [0.717, 1.165) is 5.57 Å². The van der Waals surface area contributed by atoms with Crippen LogP contribution in [-0.4, -0.2) is 19.6 Å². The first-order chi connectivity index (χ1) is 7.30. The van der Waals surface area contributed by atoms with Gasteiger partial charge < -0.3 is 9.29 Å². The van der Waals surface area contributed by atoms with Crippen molar-refractivity contribution >= 4 is 10.1 Å². The van der Waals surface area contributed by atoms with Crippen molar-refractivity contribution in [1.29, 1.82) is 0 Å². The van der Waals surface area contributed by atoms with E-state index in [9.17, 15) is 13.0 Å². The molecule has 6 heteroatoms. The second kappa shape index (κ2) is 6.56. The Hall–Kier alpha value is -0.330. The molecular weight excluding hydrogens is 251 g/mol. The summed E-state index contributed by atoms with van der Waals surface area (Å²) >= 11 is 0. The van der Waals surface area contributed by atoms with Gasteiger partial charge in [-0.2, -0.15) is 0 Å². The van der Waals surface area contributed by atoms with Gasteiger partial charge in [-0.25, -0.2) is 8.42 Å². The Morgan fingerprint density at radius 1 is 1.47 bits per heavy atom. The Bertz CT molecular complexity index is 508. The topological polar surface area (TPSA) is 66.4 Å². The third-order valence-corrected chi connectivity index (χ3v) is 2.90. The van der Waals surface area contributed by atoms with Gasteiger partial charge in [0.15, 0.2) is 0 Å². The minimum atomic E-state index is -4.40. The zero-order valence-electron chi connectivity index (χ0n) is 10.2. The molecule has 0 bridgehead atoms. The number of hydrogen-bond acceptors (Lipinski definition) is 4. The van der Waals surface area contributed by atoms with E-state index in [2.05, 4.69) is 6.58 Å². The van der Waals surface area contributed by atoms with Crippen molar-refractivity contribution < 1.29 is 47.3 Å². The predicted molar refractivity (Wildman–Crippen MR) is 59.5 cm³/mol. The van der Waals surface area contributed by atoms with E-state index < -0.39 is 10.1 Å². The first kappa shape index (κ1) is 16.7. The van der Waals surface area contributed by atoms with Gasteiger partial charge in [-0.05, 0) is 43.2 Å². The molecule has 0 spiro atoms. The maximum absolute atomic E-state index is 10.8. The number of benzene rings is 1. The Balaban J connectivity index is 0.00000256. The van der Waals surface area contributed by atoms with E-state index in [1.165, 1.54) is 18.2 Å². The quantitative estimate of drug-likeness (QED) is 0.391. The average Bonchev–Trinajstić information content (AvgIpc) is 2.12. The van der Waals surface area contributed by atoms with E-state index in [4.69, 9.17) is 4.74 Å². The van der Waals surface area contributed by atoms with Crippen molar-refractivity contribution in [2.24, 2.45) is 0 Å². The van der Waals surface area contributed by atoms with Crippen molar-refractivity contribution in [2.75, 3.05) is 6.61 Å². The Kier molecular flexibility index (Phi) is 6.43. The summed E-state index contributed by atoms with van der Waals surface area (Å²) in [7, 11) is -4.40. The second-order valence-electron chi connectivity index (χ2n) is 3.63. The summed E-state index contributed by atoms with van der Waals surface area (Å²) < 4.78 is 37.8. The SMILES string of the molecule is C=C(C)COc1ccc(S(=O)(=O)[O-])c(C)c1.[Na+]. The molecule has 17 heavy (non-hydrogen) atoms. The largest absolute Gasteiger partial charge is 1.00 e. The number of aryl methyl sites for hydroxylation is 1. The normalized spacial score (nSPS) is 10.5. The van der Waals surface area contributed by atoms with Gasteiger partial charge in [0.05, 0.1) is 4.90 Å². The number of rotatable bonds is 4. The zero-order valence-corrected chi connectivity index (χ0v) is 13.0. The second-order valence-corrected chi connectivity index (χ2v) is 4.98. The van der Waals surface area contributed by atoms with Crippen LogP contribution in [0.25, 0.3) is 0 Å². The molecule has 1 aromatic carbocycles. The zero-order chi connectivity index (χ0) is 12.3. The molecule has 4 nitrogen and oxygen atoms in total. The summed E-state index contributed by atoms with van der Waals surface area (Å²) in [6.07, 6.45) is 0. The van der Waals surface area contributed by atoms with Crippen LogP contribution in [0.5, 0.6) is 5.75 Å². The number of ether oxygens (including phenoxy) is 1. The van der Waals surface area contributed by atoms with Gasteiger partial charge in [0, 0.05) is 0 Å². The first-order valence-corrected chi connectivity index (χ1v) is 6.05. The van der Waals surface area contributed by atoms with Crippen LogP contribution in [0.2, 0.25) is 0 Å². The van der Waals surface area contributed by atoms with Gasteiger partial charge in [0.2, 0.25) is 0 Å². The van der Waals surface area contributed by atoms with Crippen molar-refractivity contribution in [3.63, 3.8) is 0 Å². The van der Waals surface area contributed by atoms with Gasteiger partial charge in [0.1, 0.15) is 22.5 Å². The van der Waals surface area contributed by atoms with Crippen LogP contribution in [0.4, 0.5) is 0 Å². The maximum Gasteiger partial charge on any atom is 1.00 e. The molecule has 0 saturated heterocycles. The smallest absolute Gasteiger partial charge is 0.744 e. The minimum absolute atomic E-state index is 0. The maximum atomic E-state index is 10.8. The fourth-order valence-corrected chi connectivity index (χ4v) is 1.89. The summed E-state index contributed by atoms with van der Waals surface area (Å²) in [6.45, 7) is 7.42. The van der Waals surface area contributed by atoms with Crippen molar-refractivity contribution in [1.82, 2.24) is 0 Å². The van der Waals surface area contributed by atoms with Crippen LogP contribution in [0.3, 0.4) is 0 Å². The standard InChI is InChI=1S/C11H14O4S.Na/c1-8(2)7-15-10-4-5-11(9(3)6-10)16(12,13)14;/h4-6H,1,7H2,2-3H3,(H,12,13,14);/q;+1/p-1. The van der Waals surface area contributed by atoms with E-state index in [1.54, 1.807) is 6.92 Å². The van der Waals surface area contributed by atoms with Gasteiger partial charge in [-0.15, -0.1) is 0 Å². The molecule has 1 rings (SSSR count). The van der Waals surface area contributed by atoms with Crippen molar-refractivity contribution in [2.45, 2.75) is 18.7 Å². The molecule has 0 saturated carbocycles. The van der Waals surface area contributed by atoms with Gasteiger partial charge in [-0.1, -0.05) is 6.58 Å². The van der Waals surface area contributed by atoms with Crippen molar-refractivity contribution in [3.05, 3.63) is 35.9 Å². The molecule has 1 aromatic rings. The Morgan fingerprint density at radius 2 is 2.06 bits per heavy atom. The fraction of sp³-hybridized carbons (Fsp3) is 0.273. The Morgan fingerprint density at radius 3 is 2.47 bits per heavy atom. The van der Waals surface area contributed by atoms with E-state index >= 15 is 0 Å². The first-order valence-electron chi connectivity index (χ1n) is 4.64. The molecule has 0 aliphatic carbocycles. The Labute approximate surface area is 124 Å². The predicted octanol–water partition coefficient (Wildman–Crippen LogP) is -1.14. The molecule has 0 heterocycles. The third kappa shape index (κ3) is 5.23. The van der Waals surface area contributed by atoms with Gasteiger partial charge >= 0.3 is 29.6 Å². The van der Waals surface area contributed by atoms with E-state index in [-0.39, 0.29) is 34.5 Å². The van der Waals surface area contributed by atoms with Crippen LogP contribution in [0.1, 0.15) is 12.5 Å². The van der Waals surface area contributed by atoms with Crippen LogP contribution >= 0.6 is 0 Å². The number of hydrogen-bond donors (Lipinski definition) is 0. The monoisotopic (exact) mass is 264 g/mol. The van der Waals surface area contributed by atoms with Crippen LogP contribution in [-0.2, 0) is 10.1 Å². The van der Waals surface area contributed by atoms with E-state index in [1.807, 2.05) is 6.92 Å².